The van der Waals surface area contributed by atoms with Crippen LogP contribution in [0.4, 0.5) is 11.4 Å². The molecule has 106 valence electrons. The Morgan fingerprint density at radius 2 is 2.05 bits per heavy atom. The number of nitrogens with two attached hydrogens (primary N) is 1. The fourth-order valence-corrected chi connectivity index (χ4v) is 2.11. The second-order valence-corrected chi connectivity index (χ2v) is 4.71. The summed E-state index contributed by atoms with van der Waals surface area (Å²) in [7, 11) is 3.27. The Labute approximate surface area is 116 Å². The minimum Gasteiger partial charge on any atom is -0.399 e. The van der Waals surface area contributed by atoms with Crippen LogP contribution in [-0.2, 0) is 11.8 Å². The summed E-state index contributed by atoms with van der Waals surface area (Å²) in [6, 6.07) is 6.35. The first-order valence-corrected chi connectivity index (χ1v) is 6.31. The van der Waals surface area contributed by atoms with Crippen molar-refractivity contribution in [2.45, 2.75) is 13.0 Å². The summed E-state index contributed by atoms with van der Waals surface area (Å²) in [5.74, 6) is -0.150. The summed E-state index contributed by atoms with van der Waals surface area (Å²) < 4.78 is 1.55. The number of rotatable bonds is 3. The maximum atomic E-state index is 12.0. The molecule has 2 rings (SSSR count). The van der Waals surface area contributed by atoms with E-state index in [1.807, 2.05) is 0 Å². The lowest BCUT2D eigenvalue weighted by atomic mass is 10.1. The van der Waals surface area contributed by atoms with Crippen molar-refractivity contribution in [1.29, 1.82) is 0 Å². The van der Waals surface area contributed by atoms with E-state index in [-0.39, 0.29) is 11.5 Å². The molecule has 0 aliphatic rings. The van der Waals surface area contributed by atoms with E-state index in [0.717, 1.165) is 10.9 Å². The van der Waals surface area contributed by atoms with Crippen molar-refractivity contribution in [1.82, 2.24) is 9.88 Å². The molecule has 1 aromatic carbocycles. The molecule has 0 spiro atoms. The van der Waals surface area contributed by atoms with Crippen LogP contribution in [0.5, 0.6) is 0 Å². The van der Waals surface area contributed by atoms with Crippen molar-refractivity contribution < 1.29 is 4.79 Å². The van der Waals surface area contributed by atoms with Crippen LogP contribution in [-0.4, -0.2) is 23.6 Å². The number of nitrogens with zero attached hydrogens (tertiary/aromatic N) is 1. The van der Waals surface area contributed by atoms with Crippen molar-refractivity contribution in [3.63, 3.8) is 0 Å². The standard InChI is InChI=1S/C14H18N4O2/c1-8(14(20)16-2)17-11-7-13(19)18(3)12-5-4-9(15)6-10(11)12/h4-8,17H,15H2,1-3H3,(H,16,20)/t8-/m1/s1. The van der Waals surface area contributed by atoms with Gasteiger partial charge in [-0.25, -0.2) is 0 Å². The molecule has 2 aromatic rings. The Bertz CT molecular complexity index is 721. The van der Waals surface area contributed by atoms with E-state index < -0.39 is 6.04 Å². The van der Waals surface area contributed by atoms with Gasteiger partial charge in [-0.05, 0) is 25.1 Å². The molecular formula is C14H18N4O2. The zero-order valence-corrected chi connectivity index (χ0v) is 11.7. The van der Waals surface area contributed by atoms with Gasteiger partial charge in [0.05, 0.1) is 5.52 Å². The summed E-state index contributed by atoms with van der Waals surface area (Å²) in [6.45, 7) is 1.73. The van der Waals surface area contributed by atoms with Gasteiger partial charge in [0.1, 0.15) is 6.04 Å². The van der Waals surface area contributed by atoms with Crippen molar-refractivity contribution >= 4 is 28.2 Å². The van der Waals surface area contributed by atoms with Crippen LogP contribution < -0.4 is 21.9 Å². The molecule has 6 heteroatoms. The van der Waals surface area contributed by atoms with Gasteiger partial charge in [-0.3, -0.25) is 9.59 Å². The summed E-state index contributed by atoms with van der Waals surface area (Å²) in [5.41, 5.74) is 7.63. The van der Waals surface area contributed by atoms with E-state index in [1.54, 1.807) is 43.8 Å². The number of nitrogens with one attached hydrogen (secondary N) is 2. The van der Waals surface area contributed by atoms with Crippen LogP contribution in [0.2, 0.25) is 0 Å². The minimum absolute atomic E-state index is 0.145. The van der Waals surface area contributed by atoms with Gasteiger partial charge in [0.15, 0.2) is 0 Å². The number of anilines is 2. The quantitative estimate of drug-likeness (QED) is 0.718. The predicted octanol–water partition coefficient (Wildman–Crippen LogP) is 0.667. The number of carbonyl (C=O) groups is 1. The highest BCUT2D eigenvalue weighted by Crippen LogP contribution is 2.24. The second-order valence-electron chi connectivity index (χ2n) is 4.71. The molecule has 0 unspecified atom stereocenters. The van der Waals surface area contributed by atoms with Crippen LogP contribution >= 0.6 is 0 Å². The number of nitrogen functional groups attached to an aromatic ring is 1. The molecule has 0 bridgehead atoms. The molecule has 1 heterocycles. The lowest BCUT2D eigenvalue weighted by molar-refractivity contribution is -0.121. The molecule has 4 N–H and O–H groups in total. The van der Waals surface area contributed by atoms with Gasteiger partial charge in [0.25, 0.3) is 5.56 Å². The van der Waals surface area contributed by atoms with Gasteiger partial charge in [-0.15, -0.1) is 0 Å². The predicted molar refractivity (Wildman–Crippen MR) is 80.8 cm³/mol. The van der Waals surface area contributed by atoms with Crippen LogP contribution in [0.1, 0.15) is 6.92 Å². The highest BCUT2D eigenvalue weighted by atomic mass is 16.2. The average Bonchev–Trinajstić information content (AvgIpc) is 2.43. The molecule has 0 fully saturated rings. The third-order valence-corrected chi connectivity index (χ3v) is 3.28. The highest BCUT2D eigenvalue weighted by Gasteiger charge is 2.14. The maximum Gasteiger partial charge on any atom is 0.252 e. The zero-order valence-electron chi connectivity index (χ0n) is 11.7. The van der Waals surface area contributed by atoms with E-state index >= 15 is 0 Å². The maximum absolute atomic E-state index is 12.0. The normalized spacial score (nSPS) is 12.2. The highest BCUT2D eigenvalue weighted by molar-refractivity contribution is 5.95. The molecule has 0 aliphatic carbocycles. The summed E-state index contributed by atoms with van der Waals surface area (Å²) in [4.78, 5) is 23.5. The van der Waals surface area contributed by atoms with E-state index in [9.17, 15) is 9.59 Å². The molecule has 0 aliphatic heterocycles. The summed E-state index contributed by atoms with van der Waals surface area (Å²) >= 11 is 0. The second kappa shape index (κ2) is 5.24. The molecule has 20 heavy (non-hydrogen) atoms. The number of aryl methyl sites for hydroxylation is 1. The number of amides is 1. The number of hydrogen-bond acceptors (Lipinski definition) is 4. The number of carbonyl (C=O) groups excluding carboxylic acids is 1. The Balaban J connectivity index is 2.58. The third kappa shape index (κ3) is 2.45. The van der Waals surface area contributed by atoms with Crippen LogP contribution in [0.3, 0.4) is 0 Å². The number of aromatic nitrogens is 1. The van der Waals surface area contributed by atoms with Crippen LogP contribution in [0, 0.1) is 0 Å². The average molecular weight is 274 g/mol. The number of fused-ring (bicyclic) bond motifs is 1. The van der Waals surface area contributed by atoms with E-state index in [1.165, 1.54) is 6.07 Å². The van der Waals surface area contributed by atoms with Gasteiger partial charge in [0, 0.05) is 36.9 Å². The lowest BCUT2D eigenvalue weighted by Crippen LogP contribution is -2.35. The zero-order chi connectivity index (χ0) is 14.9. The molecule has 1 atom stereocenters. The fourth-order valence-electron chi connectivity index (χ4n) is 2.11. The monoisotopic (exact) mass is 274 g/mol. The Morgan fingerprint density at radius 1 is 1.35 bits per heavy atom. The van der Waals surface area contributed by atoms with Gasteiger partial charge >= 0.3 is 0 Å². The molecule has 1 aromatic heterocycles. The molecule has 6 nitrogen and oxygen atoms in total. The molecule has 0 saturated heterocycles. The van der Waals surface area contributed by atoms with Gasteiger partial charge in [0.2, 0.25) is 5.91 Å². The smallest absolute Gasteiger partial charge is 0.252 e. The van der Waals surface area contributed by atoms with Crippen LogP contribution in [0.25, 0.3) is 10.9 Å². The Kier molecular flexibility index (Phi) is 3.65. The Hall–Kier alpha value is -2.50. The van der Waals surface area contributed by atoms with E-state index in [4.69, 9.17) is 5.73 Å². The number of likely N-dealkylation sites (N-methyl/N-ethyl adjacent to an activating group) is 1. The fraction of sp³-hybridized carbons (Fsp3) is 0.286. The van der Waals surface area contributed by atoms with Crippen LogP contribution in [0.15, 0.2) is 29.1 Å². The third-order valence-electron chi connectivity index (χ3n) is 3.28. The number of pyridine rings is 1. The van der Waals surface area contributed by atoms with Crippen molar-refractivity contribution in [3.8, 4) is 0 Å². The first-order valence-electron chi connectivity index (χ1n) is 6.31. The largest absolute Gasteiger partial charge is 0.399 e. The van der Waals surface area contributed by atoms with E-state index in [2.05, 4.69) is 10.6 Å². The summed E-state index contributed by atoms with van der Waals surface area (Å²) in [6.07, 6.45) is 0. The van der Waals surface area contributed by atoms with E-state index in [0.29, 0.717) is 11.4 Å². The van der Waals surface area contributed by atoms with Crippen molar-refractivity contribution in [2.75, 3.05) is 18.1 Å². The molecular weight excluding hydrogens is 256 g/mol. The van der Waals surface area contributed by atoms with Gasteiger partial charge in [-0.1, -0.05) is 0 Å². The number of hydrogen-bond donors (Lipinski definition) is 3. The first-order chi connectivity index (χ1) is 9.43. The minimum atomic E-state index is -0.447. The van der Waals surface area contributed by atoms with Crippen molar-refractivity contribution in [2.24, 2.45) is 7.05 Å². The number of benzene rings is 1. The Morgan fingerprint density at radius 3 is 2.70 bits per heavy atom. The van der Waals surface area contributed by atoms with Gasteiger partial charge < -0.3 is 20.9 Å². The molecule has 0 saturated carbocycles. The molecule has 1 amide bonds. The van der Waals surface area contributed by atoms with Crippen molar-refractivity contribution in [3.05, 3.63) is 34.6 Å². The first kappa shape index (κ1) is 13.9. The summed E-state index contributed by atoms with van der Waals surface area (Å²) in [5, 5.41) is 6.42. The van der Waals surface area contributed by atoms with Gasteiger partial charge in [-0.2, -0.15) is 0 Å². The lowest BCUT2D eigenvalue weighted by Gasteiger charge is -2.17. The molecule has 0 radical (unpaired) electrons. The topological polar surface area (TPSA) is 89.2 Å². The SMILES string of the molecule is CNC(=O)[C@@H](C)Nc1cc(=O)n(C)c2ccc(N)cc12.